The third-order valence-corrected chi connectivity index (χ3v) is 3.85. The minimum Gasteiger partial charge on any atom is -0.327 e. The molecule has 3 N–H and O–H groups in total. The predicted molar refractivity (Wildman–Crippen MR) is 100 cm³/mol. The van der Waals surface area contributed by atoms with Crippen LogP contribution in [0.2, 0.25) is 10.0 Å². The fourth-order valence-corrected chi connectivity index (χ4v) is 2.39. The van der Waals surface area contributed by atoms with Crippen LogP contribution in [0, 0.1) is 0 Å². The molecule has 0 aliphatic rings. The smallest absolute Gasteiger partial charge is 0.250 e. The van der Waals surface area contributed by atoms with Crippen molar-refractivity contribution in [2.24, 2.45) is 5.73 Å². The minimum atomic E-state index is -0.225. The lowest BCUT2D eigenvalue weighted by Crippen LogP contribution is -2.25. The van der Waals surface area contributed by atoms with E-state index in [9.17, 15) is 9.59 Å². The Kier molecular flexibility index (Phi) is 7.76. The van der Waals surface area contributed by atoms with E-state index in [0.717, 1.165) is 5.56 Å². The lowest BCUT2D eigenvalue weighted by Gasteiger charge is -2.11. The van der Waals surface area contributed by atoms with Crippen LogP contribution < -0.4 is 16.6 Å². The number of nitrogens with zero attached hydrogens (tertiary/aromatic N) is 1. The van der Waals surface area contributed by atoms with Crippen LogP contribution in [-0.4, -0.2) is 16.5 Å². The van der Waals surface area contributed by atoms with Crippen LogP contribution in [0.15, 0.2) is 41.3 Å². The molecule has 0 radical (unpaired) electrons. The quantitative estimate of drug-likeness (QED) is 0.822. The first-order chi connectivity index (χ1) is 10.8. The van der Waals surface area contributed by atoms with Crippen molar-refractivity contribution in [3.8, 4) is 0 Å². The van der Waals surface area contributed by atoms with E-state index in [4.69, 9.17) is 28.9 Å². The summed E-state index contributed by atoms with van der Waals surface area (Å²) in [7, 11) is 0. The number of nitrogens with one attached hydrogen (secondary N) is 1. The number of carbonyl (C=O) groups excluding carboxylic acids is 1. The second-order valence-electron chi connectivity index (χ2n) is 5.36. The highest BCUT2D eigenvalue weighted by atomic mass is 35.5. The molecule has 0 spiro atoms. The number of halogens is 3. The van der Waals surface area contributed by atoms with Crippen molar-refractivity contribution in [2.75, 3.05) is 5.32 Å². The Hall–Kier alpha value is -1.53. The number of nitrogens with two attached hydrogens (primary N) is 1. The van der Waals surface area contributed by atoms with Crippen LogP contribution in [0.3, 0.4) is 0 Å². The monoisotopic (exact) mass is 389 g/mol. The summed E-state index contributed by atoms with van der Waals surface area (Å²) in [5.41, 5.74) is 6.78. The number of rotatable bonds is 5. The van der Waals surface area contributed by atoms with E-state index in [0.29, 0.717) is 22.3 Å². The molecule has 130 valence electrons. The predicted octanol–water partition coefficient (Wildman–Crippen LogP) is 3.30. The van der Waals surface area contributed by atoms with Gasteiger partial charge in [0.15, 0.2) is 0 Å². The first kappa shape index (κ1) is 20.5. The van der Waals surface area contributed by atoms with Crippen molar-refractivity contribution >= 4 is 47.2 Å². The summed E-state index contributed by atoms with van der Waals surface area (Å²) in [6.45, 7) is 2.08. The molecular formula is C16H18Cl3N3O2. The summed E-state index contributed by atoms with van der Waals surface area (Å²) >= 11 is 11.9. The highest BCUT2D eigenvalue weighted by Crippen LogP contribution is 2.22. The number of carbonyl (C=O) groups is 1. The van der Waals surface area contributed by atoms with E-state index in [-0.39, 0.29) is 36.3 Å². The van der Waals surface area contributed by atoms with E-state index in [1.165, 1.54) is 10.6 Å². The molecule has 0 saturated heterocycles. The number of amides is 1. The van der Waals surface area contributed by atoms with E-state index in [1.807, 2.05) is 0 Å². The second kappa shape index (κ2) is 9.08. The lowest BCUT2D eigenvalue weighted by atomic mass is 10.2. The fraction of sp³-hybridized carbons (Fsp3) is 0.250. The standard InChI is InChI=1S/C16H17Cl2N3O2.ClH/c1-10(19)6-15(22)20-12-3-5-16(23)21(9-12)8-11-2-4-13(17)14(18)7-11;/h2-5,7,9-10H,6,8,19H2,1H3,(H,20,22);1H. The minimum absolute atomic E-state index is 0. The zero-order valence-electron chi connectivity index (χ0n) is 13.0. The van der Waals surface area contributed by atoms with Crippen molar-refractivity contribution < 1.29 is 4.79 Å². The SMILES string of the molecule is CC(N)CC(=O)Nc1ccc(=O)n(Cc2ccc(Cl)c(Cl)c2)c1.Cl. The first-order valence-corrected chi connectivity index (χ1v) is 7.80. The van der Waals surface area contributed by atoms with E-state index in [1.54, 1.807) is 37.4 Å². The Morgan fingerprint density at radius 3 is 2.58 bits per heavy atom. The van der Waals surface area contributed by atoms with Crippen LogP contribution in [-0.2, 0) is 11.3 Å². The number of pyridine rings is 1. The fourth-order valence-electron chi connectivity index (χ4n) is 2.07. The third-order valence-electron chi connectivity index (χ3n) is 3.11. The molecule has 24 heavy (non-hydrogen) atoms. The van der Waals surface area contributed by atoms with Gasteiger partial charge >= 0.3 is 0 Å². The van der Waals surface area contributed by atoms with Gasteiger partial charge < -0.3 is 15.6 Å². The van der Waals surface area contributed by atoms with Gasteiger partial charge in [0.25, 0.3) is 5.56 Å². The van der Waals surface area contributed by atoms with E-state index in [2.05, 4.69) is 5.32 Å². The number of anilines is 1. The summed E-state index contributed by atoms with van der Waals surface area (Å²) in [6.07, 6.45) is 1.80. The summed E-state index contributed by atoms with van der Waals surface area (Å²) in [5.74, 6) is -0.195. The molecule has 2 rings (SSSR count). The molecule has 5 nitrogen and oxygen atoms in total. The molecule has 2 aromatic rings. The molecule has 0 aliphatic carbocycles. The van der Waals surface area contributed by atoms with Crippen LogP contribution >= 0.6 is 35.6 Å². The van der Waals surface area contributed by atoms with Crippen LogP contribution in [0.25, 0.3) is 0 Å². The van der Waals surface area contributed by atoms with Gasteiger partial charge in [-0.25, -0.2) is 0 Å². The molecule has 1 aromatic heterocycles. The summed E-state index contributed by atoms with van der Waals surface area (Å²) in [5, 5.41) is 3.61. The maximum Gasteiger partial charge on any atom is 0.250 e. The van der Waals surface area contributed by atoms with Gasteiger partial charge in [0.05, 0.1) is 22.3 Å². The molecule has 1 aromatic carbocycles. The average molecular weight is 391 g/mol. The van der Waals surface area contributed by atoms with Gasteiger partial charge in [-0.3, -0.25) is 9.59 Å². The van der Waals surface area contributed by atoms with Crippen LogP contribution in [0.1, 0.15) is 18.9 Å². The maximum atomic E-state index is 12.0. The van der Waals surface area contributed by atoms with E-state index >= 15 is 0 Å². The van der Waals surface area contributed by atoms with Crippen molar-refractivity contribution in [3.05, 3.63) is 62.5 Å². The Bertz CT molecular complexity index is 775. The van der Waals surface area contributed by atoms with Crippen molar-refractivity contribution in [2.45, 2.75) is 25.9 Å². The van der Waals surface area contributed by atoms with Gasteiger partial charge in [-0.05, 0) is 30.7 Å². The van der Waals surface area contributed by atoms with Gasteiger partial charge in [-0.15, -0.1) is 12.4 Å². The third kappa shape index (κ3) is 5.83. The molecule has 0 bridgehead atoms. The average Bonchev–Trinajstić information content (AvgIpc) is 2.45. The number of aromatic nitrogens is 1. The lowest BCUT2D eigenvalue weighted by molar-refractivity contribution is -0.116. The molecule has 0 saturated carbocycles. The molecule has 0 fully saturated rings. The van der Waals surface area contributed by atoms with Gasteiger partial charge in [-0.1, -0.05) is 29.3 Å². The maximum absolute atomic E-state index is 12.0. The molecule has 1 heterocycles. The Morgan fingerprint density at radius 1 is 1.25 bits per heavy atom. The summed E-state index contributed by atoms with van der Waals surface area (Å²) in [6, 6.07) is 7.92. The van der Waals surface area contributed by atoms with Crippen molar-refractivity contribution in [1.29, 1.82) is 0 Å². The molecule has 8 heteroatoms. The van der Waals surface area contributed by atoms with Crippen molar-refractivity contribution in [3.63, 3.8) is 0 Å². The van der Waals surface area contributed by atoms with Crippen molar-refractivity contribution in [1.82, 2.24) is 4.57 Å². The zero-order valence-corrected chi connectivity index (χ0v) is 15.3. The first-order valence-electron chi connectivity index (χ1n) is 7.05. The van der Waals surface area contributed by atoms with Gasteiger partial charge in [0.2, 0.25) is 5.91 Å². The van der Waals surface area contributed by atoms with Gasteiger partial charge in [-0.2, -0.15) is 0 Å². The topological polar surface area (TPSA) is 77.1 Å². The Balaban J connectivity index is 0.00000288. The molecule has 0 aliphatic heterocycles. The summed E-state index contributed by atoms with van der Waals surface area (Å²) in [4.78, 5) is 23.7. The van der Waals surface area contributed by atoms with Gasteiger partial charge in [0, 0.05) is 24.7 Å². The van der Waals surface area contributed by atoms with Crippen LogP contribution in [0.4, 0.5) is 5.69 Å². The summed E-state index contributed by atoms with van der Waals surface area (Å²) < 4.78 is 1.49. The highest BCUT2D eigenvalue weighted by Gasteiger charge is 2.07. The molecular weight excluding hydrogens is 373 g/mol. The number of benzene rings is 1. The van der Waals surface area contributed by atoms with E-state index < -0.39 is 0 Å². The zero-order chi connectivity index (χ0) is 17.0. The number of hydrogen-bond donors (Lipinski definition) is 2. The van der Waals surface area contributed by atoms with Crippen LogP contribution in [0.5, 0.6) is 0 Å². The van der Waals surface area contributed by atoms with Gasteiger partial charge in [0.1, 0.15) is 0 Å². The Labute approximate surface area is 156 Å². The second-order valence-corrected chi connectivity index (χ2v) is 6.18. The molecule has 1 atom stereocenters. The highest BCUT2D eigenvalue weighted by molar-refractivity contribution is 6.42. The Morgan fingerprint density at radius 2 is 1.96 bits per heavy atom. The molecule has 1 unspecified atom stereocenters. The number of hydrogen-bond acceptors (Lipinski definition) is 3. The molecule has 1 amide bonds. The largest absolute Gasteiger partial charge is 0.327 e. The normalized spacial score (nSPS) is 11.5.